The van der Waals surface area contributed by atoms with Crippen LogP contribution in [0.15, 0.2) is 49.3 Å². The van der Waals surface area contributed by atoms with Crippen LogP contribution < -0.4 is 0 Å². The molecule has 11 heteroatoms. The maximum atomic E-state index is 14.8. The van der Waals surface area contributed by atoms with Crippen molar-refractivity contribution in [3.8, 4) is 0 Å². The average Bonchev–Trinajstić information content (AvgIpc) is 3.24. The van der Waals surface area contributed by atoms with Gasteiger partial charge < -0.3 is 13.7 Å². The van der Waals surface area contributed by atoms with Gasteiger partial charge in [-0.25, -0.2) is 14.4 Å². The third kappa shape index (κ3) is 3.50. The number of imidazole rings is 2. The van der Waals surface area contributed by atoms with Crippen molar-refractivity contribution >= 4 is 28.7 Å². The summed E-state index contributed by atoms with van der Waals surface area (Å²) >= 11 is 6.01. The Bertz CT molecular complexity index is 1520. The standard InChI is InChI=1S/C23H20ClFN8O/c1-13(18-10-32-9-15(14-2-3-14)4-5-20(32)28-18)33(23(34)17-8-27-30-29-17)11-19-22-21(25)16(24)6-7-31(22)12-26-19/h4-10,12-14H,2-3,11H2,1H3,(H,27,29,30). The number of nitrogens with one attached hydrogen (secondary N) is 1. The molecule has 0 saturated heterocycles. The first-order chi connectivity index (χ1) is 16.5. The fraction of sp³-hybridized carbons (Fsp3) is 0.261. The van der Waals surface area contributed by atoms with E-state index < -0.39 is 11.9 Å². The van der Waals surface area contributed by atoms with Gasteiger partial charge in [0.15, 0.2) is 11.5 Å². The van der Waals surface area contributed by atoms with Crippen molar-refractivity contribution in [2.45, 2.75) is 38.3 Å². The highest BCUT2D eigenvalue weighted by Crippen LogP contribution is 2.40. The number of carbonyl (C=O) groups is 1. The summed E-state index contributed by atoms with van der Waals surface area (Å²) in [5.74, 6) is -0.340. The van der Waals surface area contributed by atoms with Crippen molar-refractivity contribution in [3.05, 3.63) is 82.8 Å². The highest BCUT2D eigenvalue weighted by molar-refractivity contribution is 6.31. The minimum atomic E-state index is -0.585. The van der Waals surface area contributed by atoms with Gasteiger partial charge in [0.1, 0.15) is 11.2 Å². The van der Waals surface area contributed by atoms with Gasteiger partial charge in [-0.1, -0.05) is 17.7 Å². The molecule has 1 unspecified atom stereocenters. The molecule has 172 valence electrons. The fourth-order valence-electron chi connectivity index (χ4n) is 4.25. The zero-order valence-corrected chi connectivity index (χ0v) is 18.9. The normalized spacial score (nSPS) is 14.7. The quantitative estimate of drug-likeness (QED) is 0.395. The summed E-state index contributed by atoms with van der Waals surface area (Å²) in [5, 5.41) is 10.2. The molecular formula is C23H20ClFN8O. The summed E-state index contributed by atoms with van der Waals surface area (Å²) in [6.45, 7) is 1.91. The Balaban J connectivity index is 1.40. The molecule has 1 aliphatic rings. The summed E-state index contributed by atoms with van der Waals surface area (Å²) in [7, 11) is 0. The van der Waals surface area contributed by atoms with Crippen LogP contribution in [0.4, 0.5) is 4.39 Å². The predicted molar refractivity (Wildman–Crippen MR) is 122 cm³/mol. The van der Waals surface area contributed by atoms with Gasteiger partial charge in [-0.05, 0) is 43.4 Å². The Kier molecular flexibility index (Phi) is 4.84. The Labute approximate surface area is 198 Å². The molecule has 1 atom stereocenters. The van der Waals surface area contributed by atoms with Gasteiger partial charge in [0.05, 0.1) is 41.5 Å². The van der Waals surface area contributed by atoms with Crippen LogP contribution in [0.25, 0.3) is 11.2 Å². The second-order valence-electron chi connectivity index (χ2n) is 8.56. The maximum Gasteiger partial charge on any atom is 0.276 e. The number of rotatable bonds is 6. The largest absolute Gasteiger partial charge is 0.323 e. The van der Waals surface area contributed by atoms with Crippen molar-refractivity contribution in [2.24, 2.45) is 0 Å². The molecule has 0 aromatic carbocycles. The molecule has 0 bridgehead atoms. The molecule has 5 heterocycles. The smallest absolute Gasteiger partial charge is 0.276 e. The number of hydrogen-bond donors (Lipinski definition) is 1. The van der Waals surface area contributed by atoms with Gasteiger partial charge in [0.25, 0.3) is 5.91 Å². The molecule has 0 aliphatic heterocycles. The molecule has 1 amide bonds. The van der Waals surface area contributed by atoms with Crippen LogP contribution in [-0.4, -0.2) is 45.0 Å². The van der Waals surface area contributed by atoms with E-state index in [-0.39, 0.29) is 28.7 Å². The Morgan fingerprint density at radius 2 is 2.15 bits per heavy atom. The number of carbonyl (C=O) groups excluding carboxylic acids is 1. The maximum absolute atomic E-state index is 14.8. The molecular weight excluding hydrogens is 459 g/mol. The fourth-order valence-corrected chi connectivity index (χ4v) is 4.39. The third-order valence-electron chi connectivity index (χ3n) is 6.32. The van der Waals surface area contributed by atoms with Gasteiger partial charge in [0, 0.05) is 18.6 Å². The van der Waals surface area contributed by atoms with Gasteiger partial charge in [0.2, 0.25) is 0 Å². The van der Waals surface area contributed by atoms with E-state index in [2.05, 4.69) is 32.7 Å². The molecule has 6 rings (SSSR count). The highest BCUT2D eigenvalue weighted by Gasteiger charge is 2.29. The molecule has 1 N–H and O–H groups in total. The number of aromatic nitrogens is 7. The van der Waals surface area contributed by atoms with Gasteiger partial charge in [-0.3, -0.25) is 4.79 Å². The number of H-pyrrole nitrogens is 1. The van der Waals surface area contributed by atoms with Crippen molar-refractivity contribution < 1.29 is 9.18 Å². The van der Waals surface area contributed by atoms with Crippen LogP contribution in [-0.2, 0) is 6.54 Å². The Morgan fingerprint density at radius 1 is 1.29 bits per heavy atom. The first-order valence-electron chi connectivity index (χ1n) is 10.9. The molecule has 5 aromatic rings. The summed E-state index contributed by atoms with van der Waals surface area (Å²) in [6, 6.07) is 5.11. The van der Waals surface area contributed by atoms with E-state index in [0.29, 0.717) is 17.3 Å². The van der Waals surface area contributed by atoms with E-state index in [0.717, 1.165) is 5.65 Å². The molecule has 1 saturated carbocycles. The number of aromatic amines is 1. The first kappa shape index (κ1) is 20.8. The molecule has 5 aromatic heterocycles. The molecule has 0 spiro atoms. The predicted octanol–water partition coefficient (Wildman–Crippen LogP) is 4.17. The van der Waals surface area contributed by atoms with Gasteiger partial charge >= 0.3 is 0 Å². The molecule has 1 fully saturated rings. The Hall–Kier alpha value is -3.79. The monoisotopic (exact) mass is 478 g/mol. The first-order valence-corrected chi connectivity index (χ1v) is 11.3. The van der Waals surface area contributed by atoms with Gasteiger partial charge in [-0.2, -0.15) is 15.4 Å². The second-order valence-corrected chi connectivity index (χ2v) is 8.96. The highest BCUT2D eigenvalue weighted by atomic mass is 35.5. The van der Waals surface area contributed by atoms with Crippen LogP contribution in [0.2, 0.25) is 5.02 Å². The third-order valence-corrected chi connectivity index (χ3v) is 6.61. The molecule has 9 nitrogen and oxygen atoms in total. The summed E-state index contributed by atoms with van der Waals surface area (Å²) in [6.07, 6.45) is 10.9. The number of fused-ring (bicyclic) bond motifs is 2. The van der Waals surface area contributed by atoms with Crippen LogP contribution in [0.1, 0.15) is 59.2 Å². The second kappa shape index (κ2) is 7.91. The van der Waals surface area contributed by atoms with E-state index in [9.17, 15) is 9.18 Å². The zero-order chi connectivity index (χ0) is 23.4. The summed E-state index contributed by atoms with van der Waals surface area (Å²) < 4.78 is 18.4. The van der Waals surface area contributed by atoms with E-state index in [4.69, 9.17) is 16.6 Å². The van der Waals surface area contributed by atoms with E-state index >= 15 is 0 Å². The number of halogens is 2. The van der Waals surface area contributed by atoms with Crippen LogP contribution >= 0.6 is 11.6 Å². The number of amides is 1. The van der Waals surface area contributed by atoms with Crippen LogP contribution in [0, 0.1) is 5.82 Å². The minimum absolute atomic E-state index is 0.0107. The van der Waals surface area contributed by atoms with E-state index in [1.54, 1.807) is 15.5 Å². The summed E-state index contributed by atoms with van der Waals surface area (Å²) in [5.41, 5.74) is 3.53. The Morgan fingerprint density at radius 3 is 2.91 bits per heavy atom. The van der Waals surface area contributed by atoms with Crippen LogP contribution in [0.5, 0.6) is 0 Å². The molecule has 0 radical (unpaired) electrons. The lowest BCUT2D eigenvalue weighted by atomic mass is 10.1. The van der Waals surface area contributed by atoms with Crippen molar-refractivity contribution in [1.29, 1.82) is 0 Å². The van der Waals surface area contributed by atoms with Crippen molar-refractivity contribution in [2.75, 3.05) is 0 Å². The number of hydrogen-bond acceptors (Lipinski definition) is 5. The lowest BCUT2D eigenvalue weighted by molar-refractivity contribution is 0.0663. The van der Waals surface area contributed by atoms with Crippen molar-refractivity contribution in [3.63, 3.8) is 0 Å². The van der Waals surface area contributed by atoms with Gasteiger partial charge in [-0.15, -0.1) is 0 Å². The minimum Gasteiger partial charge on any atom is -0.323 e. The number of nitrogens with zero attached hydrogens (tertiary/aromatic N) is 7. The topological polar surface area (TPSA) is 96.5 Å². The molecule has 34 heavy (non-hydrogen) atoms. The lowest BCUT2D eigenvalue weighted by Crippen LogP contribution is -2.34. The van der Waals surface area contributed by atoms with E-state index in [1.807, 2.05) is 23.6 Å². The SMILES string of the molecule is CC(c1cn2cc(C3CC3)ccc2n1)N(Cc1ncn2ccc(Cl)c(F)c12)C(=O)c1cn[nH]n1. The zero-order valence-electron chi connectivity index (χ0n) is 18.2. The summed E-state index contributed by atoms with van der Waals surface area (Å²) in [4.78, 5) is 24.1. The van der Waals surface area contributed by atoms with Crippen molar-refractivity contribution in [1.82, 2.24) is 39.1 Å². The molecule has 1 aliphatic carbocycles. The lowest BCUT2D eigenvalue weighted by Gasteiger charge is -2.27. The van der Waals surface area contributed by atoms with Crippen LogP contribution in [0.3, 0.4) is 0 Å². The number of pyridine rings is 2. The van der Waals surface area contributed by atoms with E-state index in [1.165, 1.54) is 37.0 Å². The average molecular weight is 479 g/mol.